The van der Waals surface area contributed by atoms with Gasteiger partial charge in [0, 0.05) is 50.4 Å². The summed E-state index contributed by atoms with van der Waals surface area (Å²) in [7, 11) is 3.54. The second-order valence-electron chi connectivity index (χ2n) is 9.86. The minimum atomic E-state index is -0.911. The zero-order chi connectivity index (χ0) is 25.8. The number of ether oxygens (including phenoxy) is 1. The fourth-order valence-electron chi connectivity index (χ4n) is 6.16. The number of carboxylic acid groups (broad SMARTS) is 1. The lowest BCUT2D eigenvalue weighted by Gasteiger charge is -2.37. The number of carbonyl (C=O) groups is 2. The van der Waals surface area contributed by atoms with Gasteiger partial charge in [0.1, 0.15) is 16.9 Å². The fraction of sp³-hybridized carbons (Fsp3) is 0.407. The van der Waals surface area contributed by atoms with Crippen LogP contribution >= 0.6 is 0 Å². The van der Waals surface area contributed by atoms with E-state index in [-0.39, 0.29) is 11.9 Å². The highest BCUT2D eigenvalue weighted by Gasteiger charge is 2.42. The Morgan fingerprint density at radius 2 is 2.00 bits per heavy atom. The minimum Gasteiger partial charge on any atom is -0.494 e. The Hall–Kier alpha value is -4.08. The molecule has 0 aliphatic carbocycles. The number of methoxy groups -OCH3 is 1. The molecule has 2 atom stereocenters. The van der Waals surface area contributed by atoms with Crippen LogP contribution in [0.3, 0.4) is 0 Å². The highest BCUT2D eigenvalue weighted by atomic mass is 16.5. The standard InChI is InChI=1S/C27H30N6O4/c1-4-32-20(13-17-6-5-9-28-24(17)32)25-29-19-12-18(14-22(37-3)23(19)30(25)2)26(34)31-10-7-16-8-11-33(27(35)36)21(16)15-31/h5-6,9,12-14,16,21H,4,7-8,10-11,15H2,1-3H3,(H,35,36)/t16-,21-/m1/s1. The van der Waals surface area contributed by atoms with Gasteiger partial charge in [0.2, 0.25) is 0 Å². The van der Waals surface area contributed by atoms with Crippen molar-refractivity contribution in [1.29, 1.82) is 0 Å². The smallest absolute Gasteiger partial charge is 0.407 e. The zero-order valence-electron chi connectivity index (χ0n) is 21.2. The number of aromatic nitrogens is 4. The summed E-state index contributed by atoms with van der Waals surface area (Å²) >= 11 is 0. The molecule has 4 aromatic rings. The first-order valence-electron chi connectivity index (χ1n) is 12.7. The van der Waals surface area contributed by atoms with Gasteiger partial charge in [0.25, 0.3) is 5.91 Å². The van der Waals surface area contributed by atoms with E-state index in [2.05, 4.69) is 22.5 Å². The van der Waals surface area contributed by atoms with E-state index in [9.17, 15) is 14.7 Å². The summed E-state index contributed by atoms with van der Waals surface area (Å²) in [6.07, 6.45) is 2.55. The van der Waals surface area contributed by atoms with Crippen molar-refractivity contribution in [2.45, 2.75) is 32.4 Å². The van der Waals surface area contributed by atoms with E-state index in [1.54, 1.807) is 24.3 Å². The Bertz CT molecular complexity index is 1540. The Morgan fingerprint density at radius 1 is 1.19 bits per heavy atom. The third-order valence-corrected chi connectivity index (χ3v) is 8.00. The van der Waals surface area contributed by atoms with Crippen molar-refractivity contribution in [3.8, 4) is 17.3 Å². The molecule has 2 aliphatic rings. The van der Waals surface area contributed by atoms with Gasteiger partial charge in [-0.1, -0.05) is 0 Å². The molecule has 0 radical (unpaired) electrons. The van der Waals surface area contributed by atoms with Crippen LogP contribution in [0.25, 0.3) is 33.6 Å². The van der Waals surface area contributed by atoms with Gasteiger partial charge in [-0.15, -0.1) is 0 Å². The van der Waals surface area contributed by atoms with Crippen LogP contribution in [-0.2, 0) is 13.6 Å². The lowest BCUT2D eigenvalue weighted by Crippen LogP contribution is -2.51. The summed E-state index contributed by atoms with van der Waals surface area (Å²) in [6.45, 7) is 4.38. The number of carbonyl (C=O) groups excluding carboxylic acids is 1. The van der Waals surface area contributed by atoms with Crippen molar-refractivity contribution in [3.05, 3.63) is 42.1 Å². The van der Waals surface area contributed by atoms with E-state index in [0.29, 0.717) is 42.4 Å². The van der Waals surface area contributed by atoms with Gasteiger partial charge in [-0.3, -0.25) is 4.79 Å². The quantitative estimate of drug-likeness (QED) is 0.455. The molecule has 37 heavy (non-hydrogen) atoms. The van der Waals surface area contributed by atoms with Gasteiger partial charge in [-0.05, 0) is 56.0 Å². The van der Waals surface area contributed by atoms with Crippen LogP contribution in [0, 0.1) is 5.92 Å². The van der Waals surface area contributed by atoms with E-state index in [1.165, 1.54) is 4.90 Å². The van der Waals surface area contributed by atoms with Crippen molar-refractivity contribution in [2.75, 3.05) is 26.7 Å². The lowest BCUT2D eigenvalue weighted by molar-refractivity contribution is 0.0570. The molecule has 1 aromatic carbocycles. The molecule has 6 rings (SSSR count). The van der Waals surface area contributed by atoms with Crippen molar-refractivity contribution in [3.63, 3.8) is 0 Å². The number of rotatable bonds is 4. The summed E-state index contributed by atoms with van der Waals surface area (Å²) in [5, 5.41) is 10.6. The average Bonchev–Trinajstić information content (AvgIpc) is 3.60. The summed E-state index contributed by atoms with van der Waals surface area (Å²) in [4.78, 5) is 38.1. The van der Waals surface area contributed by atoms with Crippen molar-refractivity contribution >= 4 is 34.1 Å². The minimum absolute atomic E-state index is 0.130. The number of hydrogen-bond acceptors (Lipinski definition) is 5. The molecule has 2 saturated heterocycles. The fourth-order valence-corrected chi connectivity index (χ4v) is 6.16. The Kier molecular flexibility index (Phi) is 5.54. The molecule has 0 bridgehead atoms. The normalized spacial score (nSPS) is 19.5. The molecule has 10 heteroatoms. The van der Waals surface area contributed by atoms with Crippen LogP contribution in [-0.4, -0.2) is 78.8 Å². The van der Waals surface area contributed by atoms with Crippen LogP contribution in [0.15, 0.2) is 36.5 Å². The number of benzene rings is 1. The highest BCUT2D eigenvalue weighted by Crippen LogP contribution is 2.36. The number of aryl methyl sites for hydroxylation is 2. The Balaban J connectivity index is 1.39. The van der Waals surface area contributed by atoms with E-state index < -0.39 is 6.09 Å². The van der Waals surface area contributed by atoms with Gasteiger partial charge in [0.05, 0.1) is 24.4 Å². The first kappa shape index (κ1) is 23.3. The molecule has 2 amide bonds. The van der Waals surface area contributed by atoms with Crippen LogP contribution in [0.2, 0.25) is 0 Å². The molecule has 1 N–H and O–H groups in total. The van der Waals surface area contributed by atoms with Crippen LogP contribution in [0.5, 0.6) is 5.75 Å². The molecule has 10 nitrogen and oxygen atoms in total. The third-order valence-electron chi connectivity index (χ3n) is 8.00. The van der Waals surface area contributed by atoms with E-state index >= 15 is 0 Å². The van der Waals surface area contributed by atoms with Crippen molar-refractivity contribution in [1.82, 2.24) is 28.9 Å². The number of nitrogens with zero attached hydrogens (tertiary/aromatic N) is 6. The van der Waals surface area contributed by atoms with Crippen molar-refractivity contribution in [2.24, 2.45) is 13.0 Å². The summed E-state index contributed by atoms with van der Waals surface area (Å²) in [5.41, 5.74) is 3.82. The number of likely N-dealkylation sites (tertiary alicyclic amines) is 2. The van der Waals surface area contributed by atoms with Gasteiger partial charge >= 0.3 is 6.09 Å². The molecule has 2 fully saturated rings. The Labute approximate surface area is 214 Å². The van der Waals surface area contributed by atoms with E-state index in [1.807, 2.05) is 29.8 Å². The molecule has 0 saturated carbocycles. The second-order valence-corrected chi connectivity index (χ2v) is 9.86. The first-order chi connectivity index (χ1) is 17.9. The van der Waals surface area contributed by atoms with Crippen LogP contribution in [0.1, 0.15) is 30.1 Å². The van der Waals surface area contributed by atoms with Gasteiger partial charge in [0.15, 0.2) is 5.82 Å². The van der Waals surface area contributed by atoms with Gasteiger partial charge in [-0.25, -0.2) is 14.8 Å². The maximum Gasteiger partial charge on any atom is 0.407 e. The van der Waals surface area contributed by atoms with Crippen LogP contribution in [0.4, 0.5) is 4.79 Å². The maximum atomic E-state index is 13.6. The SMILES string of the molecule is CCn1c(-c2nc3cc(C(=O)N4CC[C@@H]5CCN(C(=O)O)[C@@H]5C4)cc(OC)c3n2C)cc2cccnc21. The third kappa shape index (κ3) is 3.61. The van der Waals surface area contributed by atoms with Crippen LogP contribution < -0.4 is 4.74 Å². The summed E-state index contributed by atoms with van der Waals surface area (Å²) in [5.74, 6) is 1.52. The summed E-state index contributed by atoms with van der Waals surface area (Å²) in [6, 6.07) is 9.49. The molecular weight excluding hydrogens is 472 g/mol. The maximum absolute atomic E-state index is 13.6. The molecule has 0 spiro atoms. The van der Waals surface area contributed by atoms with Crippen molar-refractivity contribution < 1.29 is 19.4 Å². The molecule has 192 valence electrons. The molecule has 2 aliphatic heterocycles. The second kappa shape index (κ2) is 8.79. The number of amides is 2. The van der Waals surface area contributed by atoms with E-state index in [0.717, 1.165) is 47.5 Å². The lowest BCUT2D eigenvalue weighted by atomic mass is 9.92. The predicted molar refractivity (Wildman–Crippen MR) is 139 cm³/mol. The average molecular weight is 503 g/mol. The Morgan fingerprint density at radius 3 is 2.76 bits per heavy atom. The predicted octanol–water partition coefficient (Wildman–Crippen LogP) is 3.83. The zero-order valence-corrected chi connectivity index (χ0v) is 21.2. The number of pyridine rings is 1. The van der Waals surface area contributed by atoms with E-state index in [4.69, 9.17) is 9.72 Å². The molecule has 5 heterocycles. The monoisotopic (exact) mass is 502 g/mol. The van der Waals surface area contributed by atoms with Gasteiger partial charge < -0.3 is 28.8 Å². The first-order valence-corrected chi connectivity index (χ1v) is 12.7. The number of imidazole rings is 1. The van der Waals surface area contributed by atoms with Gasteiger partial charge in [-0.2, -0.15) is 0 Å². The topological polar surface area (TPSA) is 106 Å². The molecular formula is C27H30N6O4. The number of piperidine rings is 1. The largest absolute Gasteiger partial charge is 0.494 e. The summed E-state index contributed by atoms with van der Waals surface area (Å²) < 4.78 is 9.86. The molecule has 0 unspecified atom stereocenters. The number of fused-ring (bicyclic) bond motifs is 3. The highest BCUT2D eigenvalue weighted by molar-refractivity contribution is 6.00. The number of hydrogen-bond donors (Lipinski definition) is 1. The molecule has 3 aromatic heterocycles.